The van der Waals surface area contributed by atoms with Crippen molar-refractivity contribution in [2.45, 2.75) is 12.8 Å². The Balaban J connectivity index is 1.64. The maximum atomic E-state index is 11.9. The largest absolute Gasteiger partial charge is 0.469 e. The fourth-order valence-corrected chi connectivity index (χ4v) is 2.81. The second-order valence-electron chi connectivity index (χ2n) is 5.51. The molecule has 0 radical (unpaired) electrons. The minimum atomic E-state index is -0.331. The first kappa shape index (κ1) is 14.5. The van der Waals surface area contributed by atoms with Crippen molar-refractivity contribution in [3.8, 4) is 0 Å². The van der Waals surface area contributed by atoms with Gasteiger partial charge in [0.25, 0.3) is 0 Å². The summed E-state index contributed by atoms with van der Waals surface area (Å²) in [5.74, 6) is -0.627. The number of para-hydroxylation sites is 1. The summed E-state index contributed by atoms with van der Waals surface area (Å²) in [6, 6.07) is 12.0. The van der Waals surface area contributed by atoms with Crippen molar-refractivity contribution in [3.05, 3.63) is 42.1 Å². The molecular weight excluding hydrogens is 280 g/mol. The first-order valence-corrected chi connectivity index (χ1v) is 7.37. The van der Waals surface area contributed by atoms with Crippen LogP contribution in [0.4, 0.5) is 0 Å². The maximum Gasteiger partial charge on any atom is 0.310 e. The van der Waals surface area contributed by atoms with E-state index in [0.29, 0.717) is 19.5 Å². The lowest BCUT2D eigenvalue weighted by molar-refractivity contribution is -0.145. The molecule has 2 heterocycles. The summed E-state index contributed by atoms with van der Waals surface area (Å²) in [4.78, 5) is 29.8. The van der Waals surface area contributed by atoms with Crippen molar-refractivity contribution in [1.82, 2.24) is 9.88 Å². The van der Waals surface area contributed by atoms with E-state index in [2.05, 4.69) is 4.98 Å². The van der Waals surface area contributed by atoms with E-state index in [4.69, 9.17) is 4.74 Å². The molecule has 1 fully saturated rings. The Kier molecular flexibility index (Phi) is 4.04. The predicted molar refractivity (Wildman–Crippen MR) is 82.2 cm³/mol. The molecule has 1 aromatic heterocycles. The number of carbonyl (C=O) groups excluding carboxylic acids is 2. The number of carbonyl (C=O) groups is 2. The molecule has 114 valence electrons. The van der Waals surface area contributed by atoms with E-state index in [1.165, 1.54) is 7.11 Å². The molecule has 1 unspecified atom stereocenters. The average Bonchev–Trinajstić information content (AvgIpc) is 2.93. The third-order valence-corrected chi connectivity index (χ3v) is 4.04. The van der Waals surface area contributed by atoms with Gasteiger partial charge >= 0.3 is 5.97 Å². The zero-order valence-electron chi connectivity index (χ0n) is 12.5. The van der Waals surface area contributed by atoms with Crippen LogP contribution in [0, 0.1) is 5.92 Å². The van der Waals surface area contributed by atoms with Crippen molar-refractivity contribution in [2.24, 2.45) is 5.92 Å². The normalized spacial score (nSPS) is 18.0. The van der Waals surface area contributed by atoms with Crippen molar-refractivity contribution in [2.75, 3.05) is 20.2 Å². The molecule has 1 aromatic carbocycles. The summed E-state index contributed by atoms with van der Waals surface area (Å²) in [6.45, 7) is 1.02. The van der Waals surface area contributed by atoms with Crippen molar-refractivity contribution < 1.29 is 14.3 Å². The zero-order chi connectivity index (χ0) is 15.5. The smallest absolute Gasteiger partial charge is 0.310 e. The van der Waals surface area contributed by atoms with Crippen LogP contribution >= 0.6 is 0 Å². The van der Waals surface area contributed by atoms with Gasteiger partial charge in [0.1, 0.15) is 0 Å². The van der Waals surface area contributed by atoms with Crippen molar-refractivity contribution in [3.63, 3.8) is 0 Å². The van der Waals surface area contributed by atoms with Gasteiger partial charge in [0.2, 0.25) is 5.91 Å². The number of hydrogen-bond acceptors (Lipinski definition) is 4. The third kappa shape index (κ3) is 2.93. The van der Waals surface area contributed by atoms with Gasteiger partial charge in [-0.15, -0.1) is 0 Å². The van der Waals surface area contributed by atoms with Crippen LogP contribution in [-0.2, 0) is 20.7 Å². The highest BCUT2D eigenvalue weighted by Gasteiger charge is 2.34. The molecule has 5 nitrogen and oxygen atoms in total. The van der Waals surface area contributed by atoms with E-state index in [1.807, 2.05) is 36.4 Å². The number of aromatic nitrogens is 1. The van der Waals surface area contributed by atoms with Gasteiger partial charge in [-0.2, -0.15) is 0 Å². The fourth-order valence-electron chi connectivity index (χ4n) is 2.81. The lowest BCUT2D eigenvalue weighted by Crippen LogP contribution is -2.28. The molecule has 0 bridgehead atoms. The molecule has 0 saturated carbocycles. The second kappa shape index (κ2) is 6.13. The van der Waals surface area contributed by atoms with Crippen molar-refractivity contribution >= 4 is 22.8 Å². The Hall–Kier alpha value is -2.43. The number of rotatable bonds is 4. The third-order valence-electron chi connectivity index (χ3n) is 4.04. The number of likely N-dealkylation sites (tertiary alicyclic amines) is 1. The van der Waals surface area contributed by atoms with Gasteiger partial charge in [0.15, 0.2) is 0 Å². The van der Waals surface area contributed by atoms with Crippen LogP contribution in [0.5, 0.6) is 0 Å². The number of methoxy groups -OCH3 is 1. The van der Waals surface area contributed by atoms with Crippen LogP contribution in [0.1, 0.15) is 12.1 Å². The molecule has 0 spiro atoms. The molecule has 1 atom stereocenters. The molecule has 3 rings (SSSR count). The molecule has 22 heavy (non-hydrogen) atoms. The summed E-state index contributed by atoms with van der Waals surface area (Å²) in [5, 5.41) is 1.11. The van der Waals surface area contributed by atoms with Crippen LogP contribution in [0.3, 0.4) is 0 Å². The van der Waals surface area contributed by atoms with Crippen LogP contribution in [0.15, 0.2) is 36.4 Å². The van der Waals surface area contributed by atoms with Gasteiger partial charge in [0.05, 0.1) is 18.5 Å². The number of esters is 1. The van der Waals surface area contributed by atoms with E-state index in [-0.39, 0.29) is 24.2 Å². The van der Waals surface area contributed by atoms with E-state index in [1.54, 1.807) is 4.90 Å². The van der Waals surface area contributed by atoms with Gasteiger partial charge in [-0.25, -0.2) is 0 Å². The topological polar surface area (TPSA) is 59.5 Å². The van der Waals surface area contributed by atoms with Gasteiger partial charge in [0, 0.05) is 37.0 Å². The predicted octanol–water partition coefficient (Wildman–Crippen LogP) is 1.80. The Morgan fingerprint density at radius 3 is 2.95 bits per heavy atom. The fraction of sp³-hybridized carbons (Fsp3) is 0.353. The number of hydrogen-bond donors (Lipinski definition) is 0. The van der Waals surface area contributed by atoms with Crippen LogP contribution in [-0.4, -0.2) is 42.0 Å². The van der Waals surface area contributed by atoms with Gasteiger partial charge in [-0.1, -0.05) is 24.3 Å². The Labute approximate surface area is 128 Å². The Morgan fingerprint density at radius 1 is 1.32 bits per heavy atom. The second-order valence-corrected chi connectivity index (χ2v) is 5.51. The van der Waals surface area contributed by atoms with Gasteiger partial charge in [-0.05, 0) is 12.1 Å². The minimum absolute atomic E-state index is 0.0104. The lowest BCUT2D eigenvalue weighted by atomic mass is 10.1. The first-order chi connectivity index (χ1) is 10.7. The highest BCUT2D eigenvalue weighted by Crippen LogP contribution is 2.19. The summed E-state index contributed by atoms with van der Waals surface area (Å²) in [5.41, 5.74) is 1.91. The van der Waals surface area contributed by atoms with E-state index in [0.717, 1.165) is 16.6 Å². The van der Waals surface area contributed by atoms with Crippen LogP contribution < -0.4 is 0 Å². The highest BCUT2D eigenvalue weighted by molar-refractivity contribution is 5.86. The van der Waals surface area contributed by atoms with E-state index < -0.39 is 0 Å². The number of amides is 1. The molecule has 1 aliphatic rings. The number of pyridine rings is 1. The van der Waals surface area contributed by atoms with Crippen LogP contribution in [0.25, 0.3) is 10.9 Å². The Morgan fingerprint density at radius 2 is 2.14 bits per heavy atom. The monoisotopic (exact) mass is 298 g/mol. The van der Waals surface area contributed by atoms with E-state index >= 15 is 0 Å². The van der Waals surface area contributed by atoms with Crippen molar-refractivity contribution in [1.29, 1.82) is 0 Å². The summed E-state index contributed by atoms with van der Waals surface area (Å²) < 4.78 is 4.71. The highest BCUT2D eigenvalue weighted by atomic mass is 16.5. The number of ether oxygens (including phenoxy) is 1. The van der Waals surface area contributed by atoms with E-state index in [9.17, 15) is 9.59 Å². The number of nitrogens with zero attached hydrogens (tertiary/aromatic N) is 2. The molecule has 1 saturated heterocycles. The van der Waals surface area contributed by atoms with Gasteiger partial charge in [-0.3, -0.25) is 14.6 Å². The number of fused-ring (bicyclic) bond motifs is 1. The first-order valence-electron chi connectivity index (χ1n) is 7.37. The summed E-state index contributed by atoms with van der Waals surface area (Å²) in [7, 11) is 1.36. The Bertz CT molecular complexity index is 714. The molecule has 0 N–H and O–H groups in total. The molecule has 1 aliphatic heterocycles. The average molecular weight is 298 g/mol. The standard InChI is InChI=1S/C17H18N2O3/c1-22-17(21)13-10-16(20)19(11-13)9-8-14-7-6-12-4-2-3-5-15(12)18-14/h2-7,13H,8-11H2,1H3. The zero-order valence-corrected chi connectivity index (χ0v) is 12.5. The van der Waals surface area contributed by atoms with Gasteiger partial charge < -0.3 is 9.64 Å². The quantitative estimate of drug-likeness (QED) is 0.808. The number of benzene rings is 1. The molecule has 5 heteroatoms. The molecular formula is C17H18N2O3. The molecule has 0 aliphatic carbocycles. The molecule has 2 aromatic rings. The minimum Gasteiger partial charge on any atom is -0.469 e. The van der Waals surface area contributed by atoms with Crippen LogP contribution in [0.2, 0.25) is 0 Å². The SMILES string of the molecule is COC(=O)C1CC(=O)N(CCc2ccc3ccccc3n2)C1. The maximum absolute atomic E-state index is 11.9. The lowest BCUT2D eigenvalue weighted by Gasteiger charge is -2.16. The summed E-state index contributed by atoms with van der Waals surface area (Å²) in [6.07, 6.45) is 0.933. The summed E-state index contributed by atoms with van der Waals surface area (Å²) >= 11 is 0. The molecule has 1 amide bonds.